The lowest BCUT2D eigenvalue weighted by molar-refractivity contribution is -0.00000535. The van der Waals surface area contributed by atoms with E-state index in [1.165, 1.54) is 16.9 Å². The number of aliphatic hydroxyl groups excluding tert-OH is 1. The largest absolute Gasteiger partial charge is 1.00 e. The number of hydrogen-bond acceptors (Lipinski definition) is 4. The number of benzene rings is 1. The van der Waals surface area contributed by atoms with Gasteiger partial charge in [0.1, 0.15) is 5.75 Å². The summed E-state index contributed by atoms with van der Waals surface area (Å²) in [5.74, 6) is 0.882. The van der Waals surface area contributed by atoms with Crippen molar-refractivity contribution in [3.05, 3.63) is 29.8 Å². The summed E-state index contributed by atoms with van der Waals surface area (Å²) in [6, 6.07) is 6.15. The number of methoxy groups -OCH3 is 1. The molecule has 0 saturated heterocycles. The number of anilines is 1. The molecule has 5 heteroatoms. The number of unbranched alkanes of at least 4 members (excludes halogenated alkanes) is 1. The summed E-state index contributed by atoms with van der Waals surface area (Å²) in [7, 11) is 3.77. The minimum absolute atomic E-state index is 0. The second kappa shape index (κ2) is 8.36. The predicted octanol–water partition coefficient (Wildman–Crippen LogP) is -1.15. The third-order valence-corrected chi connectivity index (χ3v) is 3.38. The minimum Gasteiger partial charge on any atom is -1.00 e. The first-order chi connectivity index (χ1) is 9.26. The van der Waals surface area contributed by atoms with Crippen molar-refractivity contribution in [1.82, 2.24) is 5.32 Å². The lowest BCUT2D eigenvalue weighted by Crippen LogP contribution is -3.00. The number of halogens is 1. The predicted molar refractivity (Wildman–Crippen MR) is 78.6 cm³/mol. The van der Waals surface area contributed by atoms with Gasteiger partial charge in [-0.05, 0) is 31.1 Å². The molecule has 0 aliphatic carbocycles. The first-order valence-electron chi connectivity index (χ1n) is 6.70. The molecule has 0 unspecified atom stereocenters. The Hall–Kier alpha value is -0.950. The molecule has 0 radical (unpaired) electrons. The molecule has 112 valence electrons. The maximum absolute atomic E-state index is 8.79. The van der Waals surface area contributed by atoms with Crippen LogP contribution in [0.3, 0.4) is 0 Å². The van der Waals surface area contributed by atoms with Crippen molar-refractivity contribution in [2.45, 2.75) is 12.8 Å². The van der Waals surface area contributed by atoms with Crippen molar-refractivity contribution in [2.24, 2.45) is 0 Å². The van der Waals surface area contributed by atoms with Crippen LogP contribution in [0.15, 0.2) is 24.3 Å². The van der Waals surface area contributed by atoms with Crippen LogP contribution < -0.4 is 38.9 Å². The molecule has 0 atom stereocenters. The van der Waals surface area contributed by atoms with Crippen molar-refractivity contribution >= 4 is 11.4 Å². The van der Waals surface area contributed by atoms with Gasteiger partial charge in [0.2, 0.25) is 0 Å². The molecule has 0 bridgehead atoms. The van der Waals surface area contributed by atoms with Crippen LogP contribution in [0.2, 0.25) is 0 Å². The summed E-state index contributed by atoms with van der Waals surface area (Å²) >= 11 is 0. The molecule has 20 heavy (non-hydrogen) atoms. The van der Waals surface area contributed by atoms with Crippen LogP contribution in [0.4, 0.5) is 5.69 Å². The Morgan fingerprint density at radius 1 is 1.35 bits per heavy atom. The first kappa shape index (κ1) is 17.1. The highest BCUT2D eigenvalue weighted by Gasteiger charge is 2.16. The zero-order valence-electron chi connectivity index (χ0n) is 12.0. The van der Waals surface area contributed by atoms with E-state index in [2.05, 4.69) is 35.5 Å². The van der Waals surface area contributed by atoms with Gasteiger partial charge in [-0.2, -0.15) is 0 Å². The zero-order valence-corrected chi connectivity index (χ0v) is 14.2. The molecular weight excluding hydrogens is 367 g/mol. The van der Waals surface area contributed by atoms with Gasteiger partial charge in [-0.25, -0.2) is 0 Å². The van der Waals surface area contributed by atoms with Gasteiger partial charge in [0, 0.05) is 49.8 Å². The maximum atomic E-state index is 8.79. The van der Waals surface area contributed by atoms with Gasteiger partial charge < -0.3 is 44.0 Å². The van der Waals surface area contributed by atoms with E-state index in [-0.39, 0.29) is 30.6 Å². The van der Waals surface area contributed by atoms with Gasteiger partial charge in [0.15, 0.2) is 0 Å². The van der Waals surface area contributed by atoms with E-state index in [4.69, 9.17) is 9.84 Å². The molecule has 0 spiro atoms. The van der Waals surface area contributed by atoms with Crippen LogP contribution in [-0.2, 0) is 0 Å². The topological polar surface area (TPSA) is 44.7 Å². The van der Waals surface area contributed by atoms with Crippen LogP contribution in [0.25, 0.3) is 5.70 Å². The molecule has 1 aromatic carbocycles. The van der Waals surface area contributed by atoms with Crippen LogP contribution in [0, 0.1) is 0 Å². The summed E-state index contributed by atoms with van der Waals surface area (Å²) in [4.78, 5) is 2.21. The quantitative estimate of drug-likeness (QED) is 0.477. The fraction of sp³-hybridized carbons (Fsp3) is 0.467. The summed E-state index contributed by atoms with van der Waals surface area (Å²) in [5.41, 5.74) is 3.57. The van der Waals surface area contributed by atoms with Gasteiger partial charge in [-0.15, -0.1) is 0 Å². The molecule has 1 heterocycles. The van der Waals surface area contributed by atoms with E-state index in [0.717, 1.165) is 31.7 Å². The number of hydrogen-bond donors (Lipinski definition) is 2. The number of nitrogens with zero attached hydrogens (tertiary/aromatic N) is 1. The molecule has 1 aromatic rings. The van der Waals surface area contributed by atoms with Gasteiger partial charge in [0.05, 0.1) is 7.11 Å². The van der Waals surface area contributed by atoms with E-state index in [0.29, 0.717) is 0 Å². The Labute approximate surface area is 137 Å². The highest BCUT2D eigenvalue weighted by atomic mass is 127. The Morgan fingerprint density at radius 2 is 2.15 bits per heavy atom. The van der Waals surface area contributed by atoms with Gasteiger partial charge in [-0.1, -0.05) is 0 Å². The summed E-state index contributed by atoms with van der Waals surface area (Å²) < 4.78 is 5.28. The monoisotopic (exact) mass is 389 g/mol. The standard InChI is InChI=1S/C15H22N2O2.HI/c1-17-9-7-14(16-8-3-4-10-18)13-6-5-12(19-2)11-15(13)17;/h5-7,11,16,18H,3-4,8-10H2,1-2H3;1H/p-1. The summed E-state index contributed by atoms with van der Waals surface area (Å²) in [6.45, 7) is 2.04. The average molecular weight is 389 g/mol. The van der Waals surface area contributed by atoms with Crippen molar-refractivity contribution < 1.29 is 33.8 Å². The minimum atomic E-state index is 0. The molecular formula is C15H22IN2O2-. The number of rotatable bonds is 6. The molecule has 2 rings (SSSR count). The number of nitrogens with one attached hydrogen (secondary N) is 1. The Balaban J connectivity index is 0.00000200. The lowest BCUT2D eigenvalue weighted by atomic mass is 10.0. The van der Waals surface area contributed by atoms with Crippen LogP contribution in [0.1, 0.15) is 18.4 Å². The van der Waals surface area contributed by atoms with E-state index in [1.54, 1.807) is 7.11 Å². The normalized spacial score (nSPS) is 13.2. The highest BCUT2D eigenvalue weighted by molar-refractivity contribution is 5.80. The second-order valence-corrected chi connectivity index (χ2v) is 4.74. The third-order valence-electron chi connectivity index (χ3n) is 3.38. The van der Waals surface area contributed by atoms with Crippen LogP contribution >= 0.6 is 0 Å². The van der Waals surface area contributed by atoms with Crippen molar-refractivity contribution in [1.29, 1.82) is 0 Å². The van der Waals surface area contributed by atoms with Crippen molar-refractivity contribution in [3.8, 4) is 5.75 Å². The number of aliphatic hydroxyl groups is 1. The summed E-state index contributed by atoms with van der Waals surface area (Å²) in [6.07, 6.45) is 4.03. The van der Waals surface area contributed by atoms with Crippen molar-refractivity contribution in [3.63, 3.8) is 0 Å². The summed E-state index contributed by atoms with van der Waals surface area (Å²) in [5, 5.41) is 12.2. The van der Waals surface area contributed by atoms with E-state index >= 15 is 0 Å². The molecule has 2 N–H and O–H groups in total. The zero-order chi connectivity index (χ0) is 13.7. The Kier molecular flexibility index (Phi) is 7.15. The van der Waals surface area contributed by atoms with E-state index < -0.39 is 0 Å². The van der Waals surface area contributed by atoms with Crippen LogP contribution in [-0.4, -0.2) is 39.0 Å². The van der Waals surface area contributed by atoms with Crippen molar-refractivity contribution in [2.75, 3.05) is 38.8 Å². The molecule has 4 nitrogen and oxygen atoms in total. The first-order valence-corrected chi connectivity index (χ1v) is 6.70. The molecule has 0 aromatic heterocycles. The molecule has 1 aliphatic rings. The molecule has 0 fully saturated rings. The van der Waals surface area contributed by atoms with Gasteiger partial charge in [-0.3, -0.25) is 0 Å². The fourth-order valence-electron chi connectivity index (χ4n) is 2.25. The molecule has 1 aliphatic heterocycles. The average Bonchev–Trinajstić information content (AvgIpc) is 2.45. The van der Waals surface area contributed by atoms with Gasteiger partial charge in [0.25, 0.3) is 0 Å². The Bertz CT molecular complexity index is 463. The van der Waals surface area contributed by atoms with Gasteiger partial charge >= 0.3 is 0 Å². The third kappa shape index (κ3) is 4.02. The SMILES string of the molecule is COc1ccc2c(c1)N(C)CC=C2NCCCCO.[I-]. The Morgan fingerprint density at radius 3 is 2.85 bits per heavy atom. The molecule has 0 saturated carbocycles. The fourth-order valence-corrected chi connectivity index (χ4v) is 2.25. The number of ether oxygens (including phenoxy) is 1. The van der Waals surface area contributed by atoms with E-state index in [9.17, 15) is 0 Å². The maximum Gasteiger partial charge on any atom is 0.120 e. The van der Waals surface area contributed by atoms with E-state index in [1.807, 2.05) is 6.07 Å². The van der Waals surface area contributed by atoms with Crippen LogP contribution in [0.5, 0.6) is 5.75 Å². The lowest BCUT2D eigenvalue weighted by Gasteiger charge is -2.28. The highest BCUT2D eigenvalue weighted by Crippen LogP contribution is 2.32. The number of fused-ring (bicyclic) bond motifs is 1. The second-order valence-electron chi connectivity index (χ2n) is 4.74. The number of likely N-dealkylation sites (N-methyl/N-ethyl adjacent to an activating group) is 1. The molecule has 0 amide bonds. The smallest absolute Gasteiger partial charge is 0.120 e.